The summed E-state index contributed by atoms with van der Waals surface area (Å²) in [6.07, 6.45) is 0.573. The van der Waals surface area contributed by atoms with Gasteiger partial charge in [0.25, 0.3) is 0 Å². The van der Waals surface area contributed by atoms with Crippen LogP contribution in [0, 0.1) is 5.92 Å². The molecule has 1 aliphatic heterocycles. The Labute approximate surface area is 111 Å². The summed E-state index contributed by atoms with van der Waals surface area (Å²) in [5, 5.41) is 11.8. The van der Waals surface area contributed by atoms with Crippen LogP contribution in [0.5, 0.6) is 0 Å². The molecule has 0 bridgehead atoms. The molecule has 102 valence electrons. The molecule has 5 nitrogen and oxygen atoms in total. The Morgan fingerprint density at radius 2 is 2.11 bits per heavy atom. The van der Waals surface area contributed by atoms with Gasteiger partial charge in [-0.25, -0.2) is 0 Å². The highest BCUT2D eigenvalue weighted by Gasteiger charge is 2.26. The summed E-state index contributed by atoms with van der Waals surface area (Å²) in [5.74, 6) is -1.23. The third-order valence-corrected chi connectivity index (χ3v) is 3.20. The largest absolute Gasteiger partial charge is 0.481 e. The summed E-state index contributed by atoms with van der Waals surface area (Å²) in [6, 6.07) is 8.66. The monoisotopic (exact) mass is 263 g/mol. The fourth-order valence-electron chi connectivity index (χ4n) is 2.14. The van der Waals surface area contributed by atoms with Crippen molar-refractivity contribution in [2.75, 3.05) is 13.2 Å². The van der Waals surface area contributed by atoms with Crippen molar-refractivity contribution < 1.29 is 19.4 Å². The fraction of sp³-hybridized carbons (Fsp3) is 0.429. The second-order valence-corrected chi connectivity index (χ2v) is 4.63. The first-order valence-electron chi connectivity index (χ1n) is 6.31. The van der Waals surface area contributed by atoms with Crippen molar-refractivity contribution in [1.82, 2.24) is 5.32 Å². The Hall–Kier alpha value is -1.88. The normalized spacial score (nSPS) is 19.9. The number of aliphatic carboxylic acids is 1. The van der Waals surface area contributed by atoms with Crippen molar-refractivity contribution in [1.29, 1.82) is 0 Å². The van der Waals surface area contributed by atoms with Gasteiger partial charge < -0.3 is 15.2 Å². The molecule has 2 atom stereocenters. The fourth-order valence-corrected chi connectivity index (χ4v) is 2.14. The average molecular weight is 263 g/mol. The number of carboxylic acids is 1. The van der Waals surface area contributed by atoms with Gasteiger partial charge in [-0.05, 0) is 12.0 Å². The number of hydrogen-bond acceptors (Lipinski definition) is 3. The predicted molar refractivity (Wildman–Crippen MR) is 68.5 cm³/mol. The summed E-state index contributed by atoms with van der Waals surface area (Å²) in [5.41, 5.74) is 0.803. The van der Waals surface area contributed by atoms with Gasteiger partial charge in [-0.1, -0.05) is 30.3 Å². The number of carbonyl (C=O) groups is 2. The van der Waals surface area contributed by atoms with Crippen molar-refractivity contribution in [2.24, 2.45) is 5.92 Å². The Morgan fingerprint density at radius 3 is 2.68 bits per heavy atom. The van der Waals surface area contributed by atoms with Gasteiger partial charge in [0.2, 0.25) is 5.91 Å². The van der Waals surface area contributed by atoms with E-state index >= 15 is 0 Å². The van der Waals surface area contributed by atoms with E-state index in [0.717, 1.165) is 5.56 Å². The lowest BCUT2D eigenvalue weighted by atomic mass is 10.0. The van der Waals surface area contributed by atoms with Gasteiger partial charge in [-0.15, -0.1) is 0 Å². The minimum absolute atomic E-state index is 0.122. The average Bonchev–Trinajstić information content (AvgIpc) is 2.92. The maximum absolute atomic E-state index is 12.0. The van der Waals surface area contributed by atoms with Crippen LogP contribution in [-0.2, 0) is 14.3 Å². The van der Waals surface area contributed by atoms with E-state index in [-0.39, 0.29) is 18.2 Å². The first-order valence-corrected chi connectivity index (χ1v) is 6.31. The van der Waals surface area contributed by atoms with E-state index in [0.29, 0.717) is 19.6 Å². The molecule has 2 N–H and O–H groups in total. The Balaban J connectivity index is 2.05. The zero-order valence-corrected chi connectivity index (χ0v) is 10.5. The van der Waals surface area contributed by atoms with Gasteiger partial charge in [0.05, 0.1) is 25.0 Å². The third kappa shape index (κ3) is 3.79. The molecule has 1 saturated heterocycles. The molecule has 1 aliphatic rings. The molecule has 2 unspecified atom stereocenters. The molecule has 2 rings (SSSR count). The molecule has 1 amide bonds. The molecule has 0 saturated carbocycles. The van der Waals surface area contributed by atoms with Crippen LogP contribution in [-0.4, -0.2) is 30.2 Å². The van der Waals surface area contributed by atoms with E-state index in [9.17, 15) is 9.59 Å². The summed E-state index contributed by atoms with van der Waals surface area (Å²) >= 11 is 0. The molecule has 1 fully saturated rings. The minimum Gasteiger partial charge on any atom is -0.481 e. The molecular weight excluding hydrogens is 246 g/mol. The Kier molecular flexibility index (Phi) is 4.52. The van der Waals surface area contributed by atoms with Crippen molar-refractivity contribution in [2.45, 2.75) is 18.9 Å². The lowest BCUT2D eigenvalue weighted by molar-refractivity contribution is -0.137. The van der Waals surface area contributed by atoms with Crippen molar-refractivity contribution in [3.63, 3.8) is 0 Å². The van der Waals surface area contributed by atoms with E-state index in [1.54, 1.807) is 0 Å². The molecule has 19 heavy (non-hydrogen) atoms. The first-order chi connectivity index (χ1) is 9.16. The quantitative estimate of drug-likeness (QED) is 0.841. The SMILES string of the molecule is O=C(O)CC(NC(=O)C1CCOC1)c1ccccc1. The third-order valence-electron chi connectivity index (χ3n) is 3.20. The number of hydrogen-bond donors (Lipinski definition) is 2. The van der Waals surface area contributed by atoms with Crippen LogP contribution < -0.4 is 5.32 Å². The van der Waals surface area contributed by atoms with Crippen LogP contribution in [0.25, 0.3) is 0 Å². The van der Waals surface area contributed by atoms with Crippen LogP contribution in [0.3, 0.4) is 0 Å². The summed E-state index contributed by atoms with van der Waals surface area (Å²) in [4.78, 5) is 22.9. The van der Waals surface area contributed by atoms with Gasteiger partial charge in [-0.3, -0.25) is 9.59 Å². The molecule has 1 aromatic carbocycles. The molecule has 0 spiro atoms. The number of nitrogens with one attached hydrogen (secondary N) is 1. The summed E-state index contributed by atoms with van der Waals surface area (Å²) < 4.78 is 5.17. The van der Waals surface area contributed by atoms with Crippen LogP contribution in [0.15, 0.2) is 30.3 Å². The van der Waals surface area contributed by atoms with Crippen molar-refractivity contribution >= 4 is 11.9 Å². The van der Waals surface area contributed by atoms with Gasteiger partial charge in [0, 0.05) is 6.61 Å². The number of benzene rings is 1. The number of carbonyl (C=O) groups excluding carboxylic acids is 1. The summed E-state index contributed by atoms with van der Waals surface area (Å²) in [7, 11) is 0. The Morgan fingerprint density at radius 1 is 1.37 bits per heavy atom. The van der Waals surface area contributed by atoms with E-state index < -0.39 is 12.0 Å². The van der Waals surface area contributed by atoms with Gasteiger partial charge in [-0.2, -0.15) is 0 Å². The minimum atomic E-state index is -0.933. The van der Waals surface area contributed by atoms with Crippen molar-refractivity contribution in [3.05, 3.63) is 35.9 Å². The van der Waals surface area contributed by atoms with Crippen LogP contribution in [0.1, 0.15) is 24.4 Å². The molecule has 1 heterocycles. The predicted octanol–water partition coefficient (Wildman–Crippen LogP) is 1.36. The van der Waals surface area contributed by atoms with Gasteiger partial charge in [0.15, 0.2) is 0 Å². The maximum atomic E-state index is 12.0. The van der Waals surface area contributed by atoms with E-state index in [1.165, 1.54) is 0 Å². The summed E-state index contributed by atoms with van der Waals surface area (Å²) in [6.45, 7) is 1.01. The second kappa shape index (κ2) is 6.33. The topological polar surface area (TPSA) is 75.6 Å². The smallest absolute Gasteiger partial charge is 0.305 e. The van der Waals surface area contributed by atoms with Gasteiger partial charge >= 0.3 is 5.97 Å². The Bertz CT molecular complexity index is 440. The number of amides is 1. The molecule has 0 aliphatic carbocycles. The van der Waals surface area contributed by atoms with Crippen molar-refractivity contribution in [3.8, 4) is 0 Å². The van der Waals surface area contributed by atoms with Gasteiger partial charge in [0.1, 0.15) is 0 Å². The van der Waals surface area contributed by atoms with Crippen LogP contribution >= 0.6 is 0 Å². The zero-order chi connectivity index (χ0) is 13.7. The van der Waals surface area contributed by atoms with Crippen LogP contribution in [0.4, 0.5) is 0 Å². The highest BCUT2D eigenvalue weighted by atomic mass is 16.5. The second-order valence-electron chi connectivity index (χ2n) is 4.63. The van der Waals surface area contributed by atoms with E-state index in [4.69, 9.17) is 9.84 Å². The molecule has 5 heteroatoms. The highest BCUT2D eigenvalue weighted by Crippen LogP contribution is 2.19. The number of carboxylic acid groups (broad SMARTS) is 1. The lowest BCUT2D eigenvalue weighted by Gasteiger charge is -2.19. The number of ether oxygens (including phenoxy) is 1. The molecule has 0 aromatic heterocycles. The molecular formula is C14H17NO4. The van der Waals surface area contributed by atoms with Crippen LogP contribution in [0.2, 0.25) is 0 Å². The maximum Gasteiger partial charge on any atom is 0.305 e. The lowest BCUT2D eigenvalue weighted by Crippen LogP contribution is -2.35. The number of rotatable bonds is 5. The standard InChI is InChI=1S/C14H17NO4/c16-13(17)8-12(10-4-2-1-3-5-10)15-14(18)11-6-7-19-9-11/h1-5,11-12H,6-9H2,(H,15,18)(H,16,17). The first kappa shape index (κ1) is 13.5. The highest BCUT2D eigenvalue weighted by molar-refractivity contribution is 5.80. The molecule has 0 radical (unpaired) electrons. The van der Waals surface area contributed by atoms with E-state index in [2.05, 4.69) is 5.32 Å². The zero-order valence-electron chi connectivity index (χ0n) is 10.5. The molecule has 1 aromatic rings. The van der Waals surface area contributed by atoms with E-state index in [1.807, 2.05) is 30.3 Å².